The average Bonchev–Trinajstić information content (AvgIpc) is 1.99. The third-order valence-electron chi connectivity index (χ3n) is 1.62. The van der Waals surface area contributed by atoms with E-state index >= 15 is 0 Å². The van der Waals surface area contributed by atoms with E-state index in [9.17, 15) is 9.59 Å². The molecule has 5 heteroatoms. The van der Waals surface area contributed by atoms with Gasteiger partial charge in [0.1, 0.15) is 11.8 Å². The van der Waals surface area contributed by atoms with Gasteiger partial charge in [-0.1, -0.05) is 0 Å². The van der Waals surface area contributed by atoms with Crippen LogP contribution in [0.3, 0.4) is 0 Å². The number of amides is 2. The van der Waals surface area contributed by atoms with Crippen molar-refractivity contribution in [1.82, 2.24) is 5.32 Å². The maximum atomic E-state index is 11.0. The molecule has 2 atom stereocenters. The standard InChI is InChI=1S/C7H9ClN2O2/c1-3-6(11)9-5(4(2)8)10-7(3)12/h3-4H,1-2H3,(H,9,10,11,12). The van der Waals surface area contributed by atoms with E-state index < -0.39 is 17.2 Å². The highest BCUT2D eigenvalue weighted by Gasteiger charge is 2.28. The van der Waals surface area contributed by atoms with Gasteiger partial charge in [-0.05, 0) is 13.8 Å². The second kappa shape index (κ2) is 3.23. The molecule has 66 valence electrons. The average molecular weight is 189 g/mol. The van der Waals surface area contributed by atoms with Gasteiger partial charge in [0.15, 0.2) is 0 Å². The summed E-state index contributed by atoms with van der Waals surface area (Å²) in [5.74, 6) is -1.22. The second-order valence-corrected chi connectivity index (χ2v) is 3.32. The largest absolute Gasteiger partial charge is 0.312 e. The molecule has 1 heterocycles. The lowest BCUT2D eigenvalue weighted by Crippen LogP contribution is -2.45. The molecule has 1 rings (SSSR count). The maximum absolute atomic E-state index is 11.0. The highest BCUT2D eigenvalue weighted by atomic mass is 35.5. The van der Waals surface area contributed by atoms with E-state index in [4.69, 9.17) is 11.6 Å². The lowest BCUT2D eigenvalue weighted by Gasteiger charge is -2.17. The van der Waals surface area contributed by atoms with Crippen molar-refractivity contribution in [3.05, 3.63) is 0 Å². The Bertz CT molecular complexity index is 260. The van der Waals surface area contributed by atoms with E-state index in [2.05, 4.69) is 10.3 Å². The van der Waals surface area contributed by atoms with Gasteiger partial charge in [-0.25, -0.2) is 0 Å². The quantitative estimate of drug-likeness (QED) is 0.476. The molecule has 12 heavy (non-hydrogen) atoms. The molecule has 0 aromatic rings. The van der Waals surface area contributed by atoms with Crippen LogP contribution in [0.25, 0.3) is 0 Å². The highest BCUT2D eigenvalue weighted by molar-refractivity contribution is 6.34. The first-order valence-electron chi connectivity index (χ1n) is 3.59. The van der Waals surface area contributed by atoms with E-state index in [-0.39, 0.29) is 11.7 Å². The zero-order valence-corrected chi connectivity index (χ0v) is 7.55. The minimum Gasteiger partial charge on any atom is -0.312 e. The molecule has 4 nitrogen and oxygen atoms in total. The Hall–Kier alpha value is -0.900. The zero-order valence-electron chi connectivity index (χ0n) is 6.80. The zero-order chi connectivity index (χ0) is 9.30. The Balaban J connectivity index is 2.89. The summed E-state index contributed by atoms with van der Waals surface area (Å²) in [6.07, 6.45) is 0. The monoisotopic (exact) mass is 188 g/mol. The topological polar surface area (TPSA) is 58.5 Å². The summed E-state index contributed by atoms with van der Waals surface area (Å²) in [5.41, 5.74) is 0. The third kappa shape index (κ3) is 1.64. The van der Waals surface area contributed by atoms with Gasteiger partial charge in [-0.15, -0.1) is 11.6 Å². The summed E-state index contributed by atoms with van der Waals surface area (Å²) in [7, 11) is 0. The predicted molar refractivity (Wildman–Crippen MR) is 45.1 cm³/mol. The van der Waals surface area contributed by atoms with Gasteiger partial charge in [0.2, 0.25) is 5.91 Å². The summed E-state index contributed by atoms with van der Waals surface area (Å²) < 4.78 is 0. The van der Waals surface area contributed by atoms with Crippen molar-refractivity contribution < 1.29 is 9.59 Å². The molecule has 1 aliphatic rings. The van der Waals surface area contributed by atoms with Gasteiger partial charge in [0, 0.05) is 0 Å². The Labute approximate surface area is 75.0 Å². The van der Waals surface area contributed by atoms with Crippen LogP contribution in [-0.4, -0.2) is 23.0 Å². The number of nitrogens with zero attached hydrogens (tertiary/aromatic N) is 1. The SMILES string of the molecule is CC(Cl)C1=NC(=O)C(C)C(=O)N1. The van der Waals surface area contributed by atoms with Crippen molar-refractivity contribution >= 4 is 29.3 Å². The van der Waals surface area contributed by atoms with Crippen molar-refractivity contribution in [2.75, 3.05) is 0 Å². The van der Waals surface area contributed by atoms with Crippen LogP contribution in [0.15, 0.2) is 4.99 Å². The summed E-state index contributed by atoms with van der Waals surface area (Å²) in [5, 5.41) is 2.01. The Kier molecular flexibility index (Phi) is 2.47. The van der Waals surface area contributed by atoms with Gasteiger partial charge in [-0.2, -0.15) is 4.99 Å². The molecular weight excluding hydrogens is 180 g/mol. The van der Waals surface area contributed by atoms with Crippen LogP contribution < -0.4 is 5.32 Å². The van der Waals surface area contributed by atoms with Gasteiger partial charge >= 0.3 is 0 Å². The maximum Gasteiger partial charge on any atom is 0.259 e. The molecule has 0 aliphatic carbocycles. The minimum atomic E-state index is -0.691. The van der Waals surface area contributed by atoms with Crippen LogP contribution in [0.2, 0.25) is 0 Å². The molecular formula is C7H9ClN2O2. The fourth-order valence-electron chi connectivity index (χ4n) is 0.779. The highest BCUT2D eigenvalue weighted by Crippen LogP contribution is 2.07. The summed E-state index contributed by atoms with van der Waals surface area (Å²) >= 11 is 5.64. The van der Waals surface area contributed by atoms with Crippen LogP contribution >= 0.6 is 11.6 Å². The van der Waals surface area contributed by atoms with E-state index in [1.165, 1.54) is 6.92 Å². The number of carbonyl (C=O) groups is 2. The Morgan fingerprint density at radius 1 is 1.58 bits per heavy atom. The number of rotatable bonds is 1. The first kappa shape index (κ1) is 9.19. The van der Waals surface area contributed by atoms with Gasteiger partial charge in [-0.3, -0.25) is 9.59 Å². The van der Waals surface area contributed by atoms with Gasteiger partial charge in [0.25, 0.3) is 5.91 Å². The van der Waals surface area contributed by atoms with Crippen molar-refractivity contribution in [3.63, 3.8) is 0 Å². The molecule has 1 aliphatic heterocycles. The normalized spacial score (nSPS) is 26.2. The molecule has 0 bridgehead atoms. The van der Waals surface area contributed by atoms with Crippen molar-refractivity contribution in [2.45, 2.75) is 19.2 Å². The first-order chi connectivity index (χ1) is 5.52. The van der Waals surface area contributed by atoms with Crippen LogP contribution in [0.5, 0.6) is 0 Å². The lowest BCUT2D eigenvalue weighted by atomic mass is 10.1. The minimum absolute atomic E-state index is 0.241. The van der Waals surface area contributed by atoms with Crippen molar-refractivity contribution in [3.8, 4) is 0 Å². The van der Waals surface area contributed by atoms with Crippen molar-refractivity contribution in [1.29, 1.82) is 0 Å². The number of aliphatic imine (C=N–C) groups is 1. The number of hydrogen-bond acceptors (Lipinski definition) is 2. The summed E-state index contributed by atoms with van der Waals surface area (Å²) in [4.78, 5) is 25.7. The number of nitrogens with one attached hydrogen (secondary N) is 1. The molecule has 0 saturated heterocycles. The van der Waals surface area contributed by atoms with E-state index in [0.29, 0.717) is 0 Å². The Morgan fingerprint density at radius 2 is 2.17 bits per heavy atom. The third-order valence-corrected chi connectivity index (χ3v) is 1.83. The molecule has 1 N–H and O–H groups in total. The fraction of sp³-hybridized carbons (Fsp3) is 0.571. The second-order valence-electron chi connectivity index (χ2n) is 2.66. The molecule has 0 aromatic carbocycles. The molecule has 0 saturated carbocycles. The van der Waals surface area contributed by atoms with Crippen LogP contribution in [-0.2, 0) is 9.59 Å². The molecule has 0 aromatic heterocycles. The van der Waals surface area contributed by atoms with E-state index in [1.807, 2.05) is 0 Å². The van der Waals surface area contributed by atoms with E-state index in [0.717, 1.165) is 0 Å². The van der Waals surface area contributed by atoms with Crippen LogP contribution in [0, 0.1) is 5.92 Å². The summed E-state index contributed by atoms with van der Waals surface area (Å²) in [6, 6.07) is 0. The smallest absolute Gasteiger partial charge is 0.259 e. The number of alkyl halides is 1. The number of hydrogen-bond donors (Lipinski definition) is 1. The molecule has 0 radical (unpaired) electrons. The van der Waals surface area contributed by atoms with E-state index in [1.54, 1.807) is 6.92 Å². The van der Waals surface area contributed by atoms with Crippen LogP contribution in [0.1, 0.15) is 13.8 Å². The van der Waals surface area contributed by atoms with Crippen molar-refractivity contribution in [2.24, 2.45) is 10.9 Å². The number of carbonyl (C=O) groups excluding carboxylic acids is 2. The van der Waals surface area contributed by atoms with Gasteiger partial charge in [0.05, 0.1) is 5.38 Å². The molecule has 2 amide bonds. The first-order valence-corrected chi connectivity index (χ1v) is 4.03. The van der Waals surface area contributed by atoms with Crippen LogP contribution in [0.4, 0.5) is 0 Å². The number of amidine groups is 1. The molecule has 2 unspecified atom stereocenters. The Morgan fingerprint density at radius 3 is 2.58 bits per heavy atom. The molecule has 0 spiro atoms. The lowest BCUT2D eigenvalue weighted by molar-refractivity contribution is -0.132. The number of halogens is 1. The fourth-order valence-corrected chi connectivity index (χ4v) is 0.882. The molecule has 0 fully saturated rings. The van der Waals surface area contributed by atoms with Gasteiger partial charge < -0.3 is 5.32 Å². The predicted octanol–water partition coefficient (Wildman–Crippen LogP) is 0.305. The summed E-state index contributed by atoms with van der Waals surface area (Å²) in [6.45, 7) is 3.15.